The van der Waals surface area contributed by atoms with Crippen LogP contribution in [0.25, 0.3) is 11.3 Å². The van der Waals surface area contributed by atoms with Gasteiger partial charge in [-0.05, 0) is 24.3 Å². The largest absolute Gasteiger partial charge is 0.394 e. The SMILES string of the molecule is Nc1c(Nc2cccc(-c3ccncc3)n2)c(=O)c1=O. The van der Waals surface area contributed by atoms with E-state index in [2.05, 4.69) is 15.3 Å². The van der Waals surface area contributed by atoms with Crippen LogP contribution in [-0.4, -0.2) is 9.97 Å². The molecule has 0 aliphatic heterocycles. The molecule has 98 valence electrons. The first kappa shape index (κ1) is 12.0. The molecule has 0 aliphatic carbocycles. The molecule has 20 heavy (non-hydrogen) atoms. The number of nitrogens with two attached hydrogens (primary N) is 1. The van der Waals surface area contributed by atoms with Gasteiger partial charge >= 0.3 is 0 Å². The fourth-order valence-electron chi connectivity index (χ4n) is 1.85. The number of hydrogen-bond donors (Lipinski definition) is 2. The predicted octanol–water partition coefficient (Wildman–Crippen LogP) is 1.07. The molecule has 3 rings (SSSR count). The van der Waals surface area contributed by atoms with Crippen molar-refractivity contribution in [2.24, 2.45) is 0 Å². The van der Waals surface area contributed by atoms with Gasteiger partial charge in [-0.1, -0.05) is 6.07 Å². The molecular formula is C14H10N4O2. The number of aromatic nitrogens is 2. The predicted molar refractivity (Wildman–Crippen MR) is 76.5 cm³/mol. The van der Waals surface area contributed by atoms with Crippen LogP contribution in [0.5, 0.6) is 0 Å². The summed E-state index contributed by atoms with van der Waals surface area (Å²) in [4.78, 5) is 30.7. The fourth-order valence-corrected chi connectivity index (χ4v) is 1.85. The topological polar surface area (TPSA) is 98.0 Å². The Balaban J connectivity index is 1.93. The molecular weight excluding hydrogens is 256 g/mol. The van der Waals surface area contributed by atoms with Gasteiger partial charge in [-0.25, -0.2) is 4.98 Å². The number of nitrogen functional groups attached to an aromatic ring is 1. The molecule has 2 heterocycles. The van der Waals surface area contributed by atoms with Gasteiger partial charge < -0.3 is 11.1 Å². The van der Waals surface area contributed by atoms with Crippen molar-refractivity contribution in [2.75, 3.05) is 11.1 Å². The molecule has 0 saturated carbocycles. The zero-order valence-electron chi connectivity index (χ0n) is 10.3. The van der Waals surface area contributed by atoms with Crippen LogP contribution in [0.1, 0.15) is 0 Å². The third kappa shape index (κ3) is 1.93. The van der Waals surface area contributed by atoms with Crippen LogP contribution in [0.3, 0.4) is 0 Å². The first-order valence-corrected chi connectivity index (χ1v) is 5.90. The van der Waals surface area contributed by atoms with E-state index < -0.39 is 10.9 Å². The summed E-state index contributed by atoms with van der Waals surface area (Å²) in [5.74, 6) is 0.457. The summed E-state index contributed by atoms with van der Waals surface area (Å²) in [5, 5.41) is 2.78. The van der Waals surface area contributed by atoms with Crippen molar-refractivity contribution >= 4 is 17.2 Å². The van der Waals surface area contributed by atoms with E-state index >= 15 is 0 Å². The molecule has 6 nitrogen and oxygen atoms in total. The molecule has 0 unspecified atom stereocenters. The molecule has 0 atom stereocenters. The van der Waals surface area contributed by atoms with Gasteiger partial charge in [0.25, 0.3) is 10.9 Å². The number of hydrogen-bond acceptors (Lipinski definition) is 6. The van der Waals surface area contributed by atoms with Gasteiger partial charge in [0, 0.05) is 18.0 Å². The van der Waals surface area contributed by atoms with Gasteiger partial charge in [-0.15, -0.1) is 0 Å². The molecule has 0 amide bonds. The number of pyridine rings is 2. The molecule has 1 aromatic carbocycles. The van der Waals surface area contributed by atoms with Gasteiger partial charge in [0.15, 0.2) is 0 Å². The highest BCUT2D eigenvalue weighted by Gasteiger charge is 2.18. The van der Waals surface area contributed by atoms with Crippen molar-refractivity contribution in [1.29, 1.82) is 0 Å². The lowest BCUT2D eigenvalue weighted by atomic mass is 10.1. The molecule has 0 bridgehead atoms. The highest BCUT2D eigenvalue weighted by atomic mass is 16.2. The Morgan fingerprint density at radius 2 is 1.75 bits per heavy atom. The minimum absolute atomic E-state index is 0.0499. The summed E-state index contributed by atoms with van der Waals surface area (Å²) in [6.07, 6.45) is 3.34. The van der Waals surface area contributed by atoms with E-state index in [1.165, 1.54) is 0 Å². The Kier molecular flexibility index (Phi) is 2.76. The lowest BCUT2D eigenvalue weighted by Crippen LogP contribution is -2.36. The molecule has 6 heteroatoms. The van der Waals surface area contributed by atoms with Gasteiger partial charge in [0.05, 0.1) is 5.69 Å². The van der Waals surface area contributed by atoms with E-state index in [9.17, 15) is 9.59 Å². The zero-order chi connectivity index (χ0) is 14.1. The van der Waals surface area contributed by atoms with E-state index in [0.717, 1.165) is 11.3 Å². The third-order valence-electron chi connectivity index (χ3n) is 2.93. The average Bonchev–Trinajstić information content (AvgIpc) is 2.52. The smallest absolute Gasteiger partial charge is 0.253 e. The second-order valence-electron chi connectivity index (χ2n) is 4.22. The summed E-state index contributed by atoms with van der Waals surface area (Å²) in [6.45, 7) is 0. The Bertz CT molecular complexity index is 836. The van der Waals surface area contributed by atoms with E-state index in [1.807, 2.05) is 18.2 Å². The Morgan fingerprint density at radius 1 is 1.00 bits per heavy atom. The van der Waals surface area contributed by atoms with Crippen molar-refractivity contribution in [1.82, 2.24) is 9.97 Å². The molecule has 0 radical (unpaired) electrons. The molecule has 0 saturated heterocycles. The average molecular weight is 266 g/mol. The van der Waals surface area contributed by atoms with Crippen LogP contribution in [0, 0.1) is 0 Å². The van der Waals surface area contributed by atoms with Gasteiger partial charge in [-0.2, -0.15) is 0 Å². The molecule has 0 aliphatic rings. The number of anilines is 3. The third-order valence-corrected chi connectivity index (χ3v) is 2.93. The summed E-state index contributed by atoms with van der Waals surface area (Å²) < 4.78 is 0. The van der Waals surface area contributed by atoms with Gasteiger partial charge in [-0.3, -0.25) is 14.6 Å². The number of rotatable bonds is 3. The first-order valence-electron chi connectivity index (χ1n) is 5.90. The summed E-state index contributed by atoms with van der Waals surface area (Å²) >= 11 is 0. The highest BCUT2D eigenvalue weighted by molar-refractivity contribution is 5.76. The van der Waals surface area contributed by atoms with Gasteiger partial charge in [0.2, 0.25) is 0 Å². The van der Waals surface area contributed by atoms with Crippen molar-refractivity contribution in [3.05, 3.63) is 63.2 Å². The van der Waals surface area contributed by atoms with Crippen LogP contribution in [0.2, 0.25) is 0 Å². The molecule has 0 fully saturated rings. The maximum absolute atomic E-state index is 11.3. The minimum atomic E-state index is -0.655. The van der Waals surface area contributed by atoms with Crippen molar-refractivity contribution in [3.63, 3.8) is 0 Å². The Labute approximate surface area is 113 Å². The van der Waals surface area contributed by atoms with Crippen molar-refractivity contribution in [3.8, 4) is 11.3 Å². The van der Waals surface area contributed by atoms with Crippen LogP contribution in [0.4, 0.5) is 17.2 Å². The van der Waals surface area contributed by atoms with Crippen LogP contribution < -0.4 is 21.9 Å². The van der Waals surface area contributed by atoms with E-state index in [4.69, 9.17) is 5.73 Å². The minimum Gasteiger partial charge on any atom is -0.394 e. The molecule has 2 aromatic heterocycles. The normalized spacial score (nSPS) is 10.6. The van der Waals surface area contributed by atoms with Crippen molar-refractivity contribution < 1.29 is 0 Å². The summed E-state index contributed by atoms with van der Waals surface area (Å²) in [6, 6.07) is 9.00. The van der Waals surface area contributed by atoms with E-state index in [0.29, 0.717) is 5.82 Å². The monoisotopic (exact) mass is 266 g/mol. The van der Waals surface area contributed by atoms with E-state index in [-0.39, 0.29) is 11.4 Å². The van der Waals surface area contributed by atoms with Gasteiger partial charge in [0.1, 0.15) is 17.2 Å². The Morgan fingerprint density at radius 3 is 2.45 bits per heavy atom. The maximum atomic E-state index is 11.3. The summed E-state index contributed by atoms with van der Waals surface area (Å²) in [7, 11) is 0. The van der Waals surface area contributed by atoms with Crippen LogP contribution in [-0.2, 0) is 0 Å². The highest BCUT2D eigenvalue weighted by Crippen LogP contribution is 2.21. The molecule has 3 aromatic rings. The molecule has 0 spiro atoms. The standard InChI is InChI=1S/C14H10N4O2/c15-11-12(14(20)13(11)19)18-10-3-1-2-9(17-10)8-4-6-16-7-5-8/h1-7H,15H2,(H,17,18). The number of nitrogens with one attached hydrogen (secondary N) is 1. The second kappa shape index (κ2) is 4.58. The quantitative estimate of drug-likeness (QED) is 0.688. The lowest BCUT2D eigenvalue weighted by molar-refractivity contribution is 1.27. The zero-order valence-corrected chi connectivity index (χ0v) is 10.3. The molecule has 3 N–H and O–H groups in total. The van der Waals surface area contributed by atoms with E-state index in [1.54, 1.807) is 24.5 Å². The maximum Gasteiger partial charge on any atom is 0.253 e. The Hall–Kier alpha value is -3.02. The first-order chi connectivity index (χ1) is 9.66. The fraction of sp³-hybridized carbons (Fsp3) is 0. The van der Waals surface area contributed by atoms with Crippen LogP contribution >= 0.6 is 0 Å². The van der Waals surface area contributed by atoms with Crippen molar-refractivity contribution in [2.45, 2.75) is 0 Å². The summed E-state index contributed by atoms with van der Waals surface area (Å²) in [5.41, 5.74) is 5.89. The van der Waals surface area contributed by atoms with Crippen LogP contribution in [0.15, 0.2) is 52.3 Å². The second-order valence-corrected chi connectivity index (χ2v) is 4.22. The lowest BCUT2D eigenvalue weighted by Gasteiger charge is -2.10. The number of nitrogens with zero attached hydrogens (tertiary/aromatic N) is 2.